The highest BCUT2D eigenvalue weighted by Gasteiger charge is 2.06. The molecule has 1 aromatic heterocycles. The van der Waals surface area contributed by atoms with Crippen molar-refractivity contribution >= 4 is 11.6 Å². The van der Waals surface area contributed by atoms with E-state index in [4.69, 9.17) is 10.5 Å². The second kappa shape index (κ2) is 8.69. The summed E-state index contributed by atoms with van der Waals surface area (Å²) in [6.45, 7) is 8.61. The Morgan fingerprint density at radius 2 is 1.89 bits per heavy atom. The van der Waals surface area contributed by atoms with Gasteiger partial charge in [-0.15, -0.1) is 0 Å². The van der Waals surface area contributed by atoms with Gasteiger partial charge >= 0.3 is 0 Å². The minimum Gasteiger partial charge on any atom is -0.383 e. The van der Waals surface area contributed by atoms with E-state index < -0.39 is 0 Å². The quantitative estimate of drug-likeness (QED) is 0.672. The van der Waals surface area contributed by atoms with Crippen LogP contribution in [-0.2, 0) is 11.2 Å². The van der Waals surface area contributed by atoms with Crippen LogP contribution >= 0.6 is 0 Å². The zero-order valence-electron chi connectivity index (χ0n) is 12.3. The SMILES string of the molecule is CCCCOCCCNc1nc(CC)nc(N)c1C. The van der Waals surface area contributed by atoms with Gasteiger partial charge in [-0.1, -0.05) is 20.3 Å². The van der Waals surface area contributed by atoms with Crippen molar-refractivity contribution in [2.45, 2.75) is 46.5 Å². The topological polar surface area (TPSA) is 73.1 Å². The third-order valence-electron chi connectivity index (χ3n) is 2.95. The Labute approximate surface area is 116 Å². The molecule has 1 heterocycles. The predicted molar refractivity (Wildman–Crippen MR) is 79.4 cm³/mol. The molecule has 0 aliphatic rings. The second-order valence-corrected chi connectivity index (χ2v) is 4.60. The smallest absolute Gasteiger partial charge is 0.134 e. The number of ether oxygens (including phenoxy) is 1. The van der Waals surface area contributed by atoms with E-state index in [1.807, 2.05) is 13.8 Å². The van der Waals surface area contributed by atoms with Gasteiger partial charge in [-0.2, -0.15) is 0 Å². The largest absolute Gasteiger partial charge is 0.383 e. The van der Waals surface area contributed by atoms with E-state index in [1.54, 1.807) is 0 Å². The molecule has 5 heteroatoms. The van der Waals surface area contributed by atoms with Crippen molar-refractivity contribution < 1.29 is 4.74 Å². The minimum atomic E-state index is 0.563. The number of anilines is 2. The molecule has 0 aromatic carbocycles. The number of aryl methyl sites for hydroxylation is 1. The zero-order valence-corrected chi connectivity index (χ0v) is 12.3. The van der Waals surface area contributed by atoms with Crippen LogP contribution in [0.5, 0.6) is 0 Å². The van der Waals surface area contributed by atoms with E-state index >= 15 is 0 Å². The fraction of sp³-hybridized carbons (Fsp3) is 0.714. The first kappa shape index (κ1) is 15.7. The van der Waals surface area contributed by atoms with Gasteiger partial charge in [0.05, 0.1) is 0 Å². The molecule has 0 saturated carbocycles. The normalized spacial score (nSPS) is 10.7. The van der Waals surface area contributed by atoms with Gasteiger partial charge in [0.25, 0.3) is 0 Å². The maximum absolute atomic E-state index is 5.87. The van der Waals surface area contributed by atoms with E-state index in [-0.39, 0.29) is 0 Å². The number of nitrogens with zero attached hydrogens (tertiary/aromatic N) is 2. The Morgan fingerprint density at radius 3 is 2.58 bits per heavy atom. The molecule has 1 rings (SSSR count). The number of hydrogen-bond donors (Lipinski definition) is 2. The number of hydrogen-bond acceptors (Lipinski definition) is 5. The van der Waals surface area contributed by atoms with E-state index in [0.717, 1.165) is 56.2 Å². The Morgan fingerprint density at radius 1 is 1.16 bits per heavy atom. The second-order valence-electron chi connectivity index (χ2n) is 4.60. The molecule has 3 N–H and O–H groups in total. The van der Waals surface area contributed by atoms with Crippen LogP contribution in [0.4, 0.5) is 11.6 Å². The van der Waals surface area contributed by atoms with Crippen molar-refractivity contribution in [2.75, 3.05) is 30.8 Å². The van der Waals surface area contributed by atoms with Crippen LogP contribution in [0, 0.1) is 6.92 Å². The molecule has 0 amide bonds. The van der Waals surface area contributed by atoms with Crippen LogP contribution < -0.4 is 11.1 Å². The lowest BCUT2D eigenvalue weighted by atomic mass is 10.3. The molecule has 5 nitrogen and oxygen atoms in total. The molecule has 0 aliphatic heterocycles. The fourth-order valence-electron chi connectivity index (χ4n) is 1.64. The highest BCUT2D eigenvalue weighted by molar-refractivity contribution is 5.54. The lowest BCUT2D eigenvalue weighted by Crippen LogP contribution is -2.12. The number of nitrogen functional groups attached to an aromatic ring is 1. The first-order chi connectivity index (χ1) is 9.19. The van der Waals surface area contributed by atoms with E-state index in [2.05, 4.69) is 22.2 Å². The van der Waals surface area contributed by atoms with Gasteiger partial charge in [-0.3, -0.25) is 0 Å². The van der Waals surface area contributed by atoms with Gasteiger partial charge < -0.3 is 15.8 Å². The monoisotopic (exact) mass is 266 g/mol. The molecule has 108 valence electrons. The highest BCUT2D eigenvalue weighted by atomic mass is 16.5. The van der Waals surface area contributed by atoms with E-state index in [0.29, 0.717) is 5.82 Å². The molecule has 0 atom stereocenters. The maximum atomic E-state index is 5.87. The Kier molecular flexibility index (Phi) is 7.18. The molecule has 0 bridgehead atoms. The summed E-state index contributed by atoms with van der Waals surface area (Å²) in [6, 6.07) is 0. The lowest BCUT2D eigenvalue weighted by Gasteiger charge is -2.11. The molecule has 0 radical (unpaired) electrons. The Bertz CT molecular complexity index is 382. The lowest BCUT2D eigenvalue weighted by molar-refractivity contribution is 0.131. The summed E-state index contributed by atoms with van der Waals surface area (Å²) >= 11 is 0. The van der Waals surface area contributed by atoms with Crippen molar-refractivity contribution in [1.82, 2.24) is 9.97 Å². The van der Waals surface area contributed by atoms with Crippen molar-refractivity contribution in [3.8, 4) is 0 Å². The number of nitrogens with one attached hydrogen (secondary N) is 1. The summed E-state index contributed by atoms with van der Waals surface area (Å²) < 4.78 is 5.51. The summed E-state index contributed by atoms with van der Waals surface area (Å²) in [5, 5.41) is 3.31. The van der Waals surface area contributed by atoms with E-state index in [1.165, 1.54) is 6.42 Å². The highest BCUT2D eigenvalue weighted by Crippen LogP contribution is 2.17. The third kappa shape index (κ3) is 5.42. The predicted octanol–water partition coefficient (Wildman–Crippen LogP) is 2.55. The summed E-state index contributed by atoms with van der Waals surface area (Å²) in [6.07, 6.45) is 4.07. The molecule has 0 fully saturated rings. The van der Waals surface area contributed by atoms with Gasteiger partial charge in [0.1, 0.15) is 17.5 Å². The molecule has 0 spiro atoms. The van der Waals surface area contributed by atoms with Crippen molar-refractivity contribution in [2.24, 2.45) is 0 Å². The molecule has 0 unspecified atom stereocenters. The molecule has 0 saturated heterocycles. The third-order valence-corrected chi connectivity index (χ3v) is 2.95. The van der Waals surface area contributed by atoms with Crippen molar-refractivity contribution in [1.29, 1.82) is 0 Å². The molecular formula is C14H26N4O. The molecule has 19 heavy (non-hydrogen) atoms. The first-order valence-corrected chi connectivity index (χ1v) is 7.13. The van der Waals surface area contributed by atoms with Crippen LogP contribution in [-0.4, -0.2) is 29.7 Å². The van der Waals surface area contributed by atoms with Gasteiger partial charge in [0, 0.05) is 31.7 Å². The van der Waals surface area contributed by atoms with Crippen LogP contribution in [0.25, 0.3) is 0 Å². The van der Waals surface area contributed by atoms with Crippen molar-refractivity contribution in [3.63, 3.8) is 0 Å². The Hall–Kier alpha value is -1.36. The summed E-state index contributed by atoms with van der Waals surface area (Å²) in [5.41, 5.74) is 6.79. The van der Waals surface area contributed by atoms with Crippen LogP contribution in [0.3, 0.4) is 0 Å². The van der Waals surface area contributed by atoms with Crippen LogP contribution in [0.2, 0.25) is 0 Å². The van der Waals surface area contributed by atoms with Gasteiger partial charge in [-0.25, -0.2) is 9.97 Å². The van der Waals surface area contributed by atoms with Crippen molar-refractivity contribution in [3.05, 3.63) is 11.4 Å². The standard InChI is InChI=1S/C14H26N4O/c1-4-6-9-19-10-7-8-16-14-11(3)13(15)17-12(5-2)18-14/h4-10H2,1-3H3,(H3,15,16,17,18). The summed E-state index contributed by atoms with van der Waals surface area (Å²) in [4.78, 5) is 8.69. The van der Waals surface area contributed by atoms with E-state index in [9.17, 15) is 0 Å². The fourth-order valence-corrected chi connectivity index (χ4v) is 1.64. The minimum absolute atomic E-state index is 0.563. The number of aromatic nitrogens is 2. The molecule has 0 aliphatic carbocycles. The van der Waals surface area contributed by atoms with Crippen LogP contribution in [0.1, 0.15) is 44.5 Å². The summed E-state index contributed by atoms with van der Waals surface area (Å²) in [5.74, 6) is 2.19. The zero-order chi connectivity index (χ0) is 14.1. The maximum Gasteiger partial charge on any atom is 0.134 e. The summed E-state index contributed by atoms with van der Waals surface area (Å²) in [7, 11) is 0. The molecule has 1 aromatic rings. The van der Waals surface area contributed by atoms with Crippen LogP contribution in [0.15, 0.2) is 0 Å². The number of nitrogens with two attached hydrogens (primary N) is 1. The van der Waals surface area contributed by atoms with Gasteiger partial charge in [-0.05, 0) is 19.8 Å². The average molecular weight is 266 g/mol. The van der Waals surface area contributed by atoms with Gasteiger partial charge in [0.2, 0.25) is 0 Å². The number of rotatable bonds is 9. The van der Waals surface area contributed by atoms with Gasteiger partial charge in [0.15, 0.2) is 0 Å². The Balaban J connectivity index is 2.34. The first-order valence-electron chi connectivity index (χ1n) is 7.13. The average Bonchev–Trinajstić information content (AvgIpc) is 2.42. The number of unbranched alkanes of at least 4 members (excludes halogenated alkanes) is 1. The molecular weight excluding hydrogens is 240 g/mol.